The van der Waals surface area contributed by atoms with Crippen LogP contribution in [0.25, 0.3) is 0 Å². The van der Waals surface area contributed by atoms with Crippen molar-refractivity contribution in [1.82, 2.24) is 0 Å². The zero-order valence-corrected chi connectivity index (χ0v) is 4.78. The lowest BCUT2D eigenvalue weighted by atomic mass is 10.3. The molecule has 0 bridgehead atoms. The van der Waals surface area contributed by atoms with E-state index in [0.717, 1.165) is 12.1 Å². The van der Waals surface area contributed by atoms with Gasteiger partial charge in [-0.15, -0.1) is 0 Å². The molecule has 1 radical (unpaired) electrons. The molecule has 0 heterocycles. The van der Waals surface area contributed by atoms with Crippen LogP contribution in [0, 0.1) is 5.92 Å². The number of hydrogen-bond donors (Lipinski definition) is 0. The molecule has 0 nitrogen and oxygen atoms in total. The molecule has 5 heavy (non-hydrogen) atoms. The zero-order valence-electron chi connectivity index (χ0n) is 3.78. The summed E-state index contributed by atoms with van der Waals surface area (Å²) in [5.74, 6) is 0.798. The molecule has 0 unspecified atom stereocenters. The van der Waals surface area contributed by atoms with Crippen molar-refractivity contribution in [1.29, 1.82) is 0 Å². The molecule has 0 N–H and O–H groups in total. The highest BCUT2D eigenvalue weighted by atomic mass is 31.0. The lowest BCUT2D eigenvalue weighted by Gasteiger charge is -1.90. The van der Waals surface area contributed by atoms with Crippen LogP contribution in [0.3, 0.4) is 0 Å². The Morgan fingerprint density at radius 2 is 1.80 bits per heavy atom. The predicted octanol–water partition coefficient (Wildman–Crippen LogP) is 1.79. The molecular formula is C4H10P. The predicted molar refractivity (Wildman–Crippen MR) is 28.0 cm³/mol. The van der Waals surface area contributed by atoms with Gasteiger partial charge in [-0.2, -0.15) is 0 Å². The van der Waals surface area contributed by atoms with Crippen LogP contribution in [0.2, 0.25) is 0 Å². The second-order valence-corrected chi connectivity index (χ2v) is 2.01. The molecule has 0 aliphatic heterocycles. The fourth-order valence-corrected chi connectivity index (χ4v) is 0. The summed E-state index contributed by atoms with van der Waals surface area (Å²) in [5.41, 5.74) is 0. The van der Waals surface area contributed by atoms with E-state index in [0.29, 0.717) is 0 Å². The van der Waals surface area contributed by atoms with Crippen molar-refractivity contribution in [2.24, 2.45) is 5.92 Å². The zero-order chi connectivity index (χ0) is 4.28. The molecular weight excluding hydrogens is 79.0 g/mol. The molecule has 1 heteroatoms. The van der Waals surface area contributed by atoms with Crippen LogP contribution in [-0.2, 0) is 0 Å². The van der Waals surface area contributed by atoms with Gasteiger partial charge in [-0.25, -0.2) is 0 Å². The Bertz CT molecular complexity index is 17.6. The first-order valence-electron chi connectivity index (χ1n) is 1.92. The normalized spacial score (nSPS) is 9.60. The van der Waals surface area contributed by atoms with Crippen LogP contribution >= 0.6 is 9.24 Å². The van der Waals surface area contributed by atoms with Crippen molar-refractivity contribution in [3.8, 4) is 0 Å². The first-order chi connectivity index (χ1) is 2.27. The maximum atomic E-state index is 3.35. The van der Waals surface area contributed by atoms with Crippen molar-refractivity contribution in [3.05, 3.63) is 0 Å². The van der Waals surface area contributed by atoms with Gasteiger partial charge in [0.2, 0.25) is 0 Å². The monoisotopic (exact) mass is 89.1 g/mol. The maximum absolute atomic E-state index is 3.35. The molecule has 0 saturated heterocycles. The van der Waals surface area contributed by atoms with E-state index >= 15 is 0 Å². The van der Waals surface area contributed by atoms with Gasteiger partial charge in [0.1, 0.15) is 0 Å². The molecule has 0 aliphatic carbocycles. The second-order valence-electron chi connectivity index (χ2n) is 1.60. The Balaban J connectivity index is 2.54. The summed E-state index contributed by atoms with van der Waals surface area (Å²) < 4.78 is 0. The summed E-state index contributed by atoms with van der Waals surface area (Å²) in [6.07, 6.45) is 1.11. The Morgan fingerprint density at radius 1 is 1.60 bits per heavy atom. The minimum absolute atomic E-state index is 0.798. The van der Waals surface area contributed by atoms with Crippen LogP contribution in [-0.4, -0.2) is 6.16 Å². The van der Waals surface area contributed by atoms with E-state index in [1.54, 1.807) is 0 Å². The SMILES string of the molecule is CC(C)C[PH]. The molecule has 0 amide bonds. The Morgan fingerprint density at radius 3 is 1.80 bits per heavy atom. The largest absolute Gasteiger partial charge is 0.0990 e. The highest BCUT2D eigenvalue weighted by Gasteiger charge is 1.80. The second kappa shape index (κ2) is 2.66. The Hall–Kier alpha value is 0.430. The summed E-state index contributed by atoms with van der Waals surface area (Å²) in [6.45, 7) is 4.35. The van der Waals surface area contributed by atoms with Crippen molar-refractivity contribution < 1.29 is 0 Å². The summed E-state index contributed by atoms with van der Waals surface area (Å²) in [7, 11) is 3.35. The van der Waals surface area contributed by atoms with E-state index in [1.807, 2.05) is 0 Å². The van der Waals surface area contributed by atoms with Crippen molar-refractivity contribution in [2.75, 3.05) is 6.16 Å². The third-order valence-corrected chi connectivity index (χ3v) is 1.22. The molecule has 0 aromatic heterocycles. The van der Waals surface area contributed by atoms with Gasteiger partial charge >= 0.3 is 0 Å². The minimum Gasteiger partial charge on any atom is -0.0990 e. The van der Waals surface area contributed by atoms with Gasteiger partial charge in [0.05, 0.1) is 0 Å². The lowest BCUT2D eigenvalue weighted by Crippen LogP contribution is -1.82. The molecule has 0 aromatic rings. The van der Waals surface area contributed by atoms with E-state index in [2.05, 4.69) is 23.1 Å². The van der Waals surface area contributed by atoms with Crippen molar-refractivity contribution >= 4 is 9.24 Å². The fourth-order valence-electron chi connectivity index (χ4n) is 0. The summed E-state index contributed by atoms with van der Waals surface area (Å²) in [6, 6.07) is 0. The third-order valence-electron chi connectivity index (χ3n) is 0.408. The fraction of sp³-hybridized carbons (Fsp3) is 1.00. The molecule has 0 aliphatic rings. The average molecular weight is 89.1 g/mol. The first kappa shape index (κ1) is 5.43. The quantitative estimate of drug-likeness (QED) is 0.429. The van der Waals surface area contributed by atoms with E-state index in [4.69, 9.17) is 0 Å². The molecule has 0 aromatic carbocycles. The Labute approximate surface area is 36.2 Å². The highest BCUT2D eigenvalue weighted by molar-refractivity contribution is 7.16. The average Bonchev–Trinajstić information content (AvgIpc) is 1.38. The molecule has 0 saturated carbocycles. The summed E-state index contributed by atoms with van der Waals surface area (Å²) in [4.78, 5) is 0. The summed E-state index contributed by atoms with van der Waals surface area (Å²) in [5, 5.41) is 0. The molecule has 0 spiro atoms. The van der Waals surface area contributed by atoms with Crippen LogP contribution in [0.5, 0.6) is 0 Å². The van der Waals surface area contributed by atoms with E-state index in [-0.39, 0.29) is 0 Å². The van der Waals surface area contributed by atoms with Gasteiger partial charge in [-0.3, -0.25) is 0 Å². The number of rotatable bonds is 1. The van der Waals surface area contributed by atoms with Crippen molar-refractivity contribution in [2.45, 2.75) is 13.8 Å². The van der Waals surface area contributed by atoms with Gasteiger partial charge in [-0.1, -0.05) is 23.1 Å². The Kier molecular flexibility index (Phi) is 2.88. The third kappa shape index (κ3) is 4.43. The highest BCUT2D eigenvalue weighted by Crippen LogP contribution is 1.94. The minimum atomic E-state index is 0.798. The van der Waals surface area contributed by atoms with Gasteiger partial charge < -0.3 is 0 Å². The molecule has 0 atom stereocenters. The maximum Gasteiger partial charge on any atom is -0.0294 e. The van der Waals surface area contributed by atoms with E-state index in [9.17, 15) is 0 Å². The standard InChI is InChI=1S/C4H10P/c1-4(2)3-5/h4-5H,3H2,1-2H3. The molecule has 0 fully saturated rings. The molecule has 31 valence electrons. The van der Waals surface area contributed by atoms with Crippen LogP contribution in [0.4, 0.5) is 0 Å². The smallest absolute Gasteiger partial charge is 0.0294 e. The van der Waals surface area contributed by atoms with Crippen LogP contribution in [0.1, 0.15) is 13.8 Å². The first-order valence-corrected chi connectivity index (χ1v) is 2.62. The van der Waals surface area contributed by atoms with E-state index in [1.165, 1.54) is 0 Å². The lowest BCUT2D eigenvalue weighted by molar-refractivity contribution is 0.750. The van der Waals surface area contributed by atoms with Gasteiger partial charge in [0.25, 0.3) is 0 Å². The van der Waals surface area contributed by atoms with Crippen molar-refractivity contribution in [3.63, 3.8) is 0 Å². The number of hydrogen-bond acceptors (Lipinski definition) is 0. The van der Waals surface area contributed by atoms with Gasteiger partial charge in [0, 0.05) is 0 Å². The summed E-state index contributed by atoms with van der Waals surface area (Å²) >= 11 is 0. The molecule has 0 rings (SSSR count). The topological polar surface area (TPSA) is 0 Å². The van der Waals surface area contributed by atoms with Gasteiger partial charge in [0.15, 0.2) is 0 Å². The van der Waals surface area contributed by atoms with Crippen LogP contribution in [0.15, 0.2) is 0 Å². The van der Waals surface area contributed by atoms with E-state index < -0.39 is 0 Å². The van der Waals surface area contributed by atoms with Gasteiger partial charge in [-0.05, 0) is 12.1 Å². The van der Waals surface area contributed by atoms with Crippen LogP contribution < -0.4 is 0 Å².